The summed E-state index contributed by atoms with van der Waals surface area (Å²) in [6.07, 6.45) is 1.24. The van der Waals surface area contributed by atoms with E-state index in [4.69, 9.17) is 5.73 Å². The Balaban J connectivity index is 1.97. The summed E-state index contributed by atoms with van der Waals surface area (Å²) in [6, 6.07) is 3.63. The van der Waals surface area contributed by atoms with Crippen molar-refractivity contribution in [3.63, 3.8) is 0 Å². The molecule has 2 rings (SSSR count). The summed E-state index contributed by atoms with van der Waals surface area (Å²) in [5, 5.41) is 21.0. The van der Waals surface area contributed by atoms with Gasteiger partial charge in [0.25, 0.3) is 0 Å². The predicted molar refractivity (Wildman–Crippen MR) is 97.9 cm³/mol. The number of hydrogen-bond acceptors (Lipinski definition) is 6. The molecule has 142 valence electrons. The monoisotopic (exact) mass is 381 g/mol. The van der Waals surface area contributed by atoms with Crippen LogP contribution >= 0.6 is 12.6 Å². The Labute approximate surface area is 156 Å². The molecule has 0 radical (unpaired) electrons. The molecule has 3 atom stereocenters. The van der Waals surface area contributed by atoms with Gasteiger partial charge in [0.05, 0.1) is 6.04 Å². The van der Waals surface area contributed by atoms with E-state index in [-0.39, 0.29) is 17.9 Å². The topological polar surface area (TPSA) is 133 Å². The van der Waals surface area contributed by atoms with E-state index >= 15 is 0 Å². The highest BCUT2D eigenvalue weighted by atomic mass is 32.1. The number of benzene rings is 1. The summed E-state index contributed by atoms with van der Waals surface area (Å²) in [5.74, 6) is -1.87. The first-order chi connectivity index (χ1) is 12.3. The molecule has 1 aromatic rings. The van der Waals surface area contributed by atoms with Crippen LogP contribution in [0.25, 0.3) is 0 Å². The van der Waals surface area contributed by atoms with E-state index in [1.165, 1.54) is 17.0 Å². The fourth-order valence-corrected chi connectivity index (χ4v) is 3.18. The van der Waals surface area contributed by atoms with Crippen molar-refractivity contribution >= 4 is 30.4 Å². The number of carbonyl (C=O) groups excluding carboxylic acids is 2. The van der Waals surface area contributed by atoms with Crippen molar-refractivity contribution in [3.05, 3.63) is 29.8 Å². The van der Waals surface area contributed by atoms with Crippen molar-refractivity contribution in [3.8, 4) is 5.75 Å². The first kappa shape index (κ1) is 20.1. The molecule has 0 aliphatic carbocycles. The van der Waals surface area contributed by atoms with E-state index in [1.54, 1.807) is 12.1 Å². The van der Waals surface area contributed by atoms with Gasteiger partial charge in [-0.1, -0.05) is 12.1 Å². The van der Waals surface area contributed by atoms with Gasteiger partial charge in [0, 0.05) is 12.3 Å². The van der Waals surface area contributed by atoms with E-state index in [1.807, 2.05) is 0 Å². The Morgan fingerprint density at radius 1 is 1.31 bits per heavy atom. The van der Waals surface area contributed by atoms with Crippen LogP contribution in [0.4, 0.5) is 0 Å². The molecule has 0 spiro atoms. The minimum Gasteiger partial charge on any atom is -0.508 e. The van der Waals surface area contributed by atoms with E-state index in [2.05, 4.69) is 17.9 Å². The van der Waals surface area contributed by atoms with Gasteiger partial charge in [-0.05, 0) is 37.0 Å². The zero-order chi connectivity index (χ0) is 19.3. The van der Waals surface area contributed by atoms with E-state index in [0.717, 1.165) is 5.56 Å². The molecule has 0 aromatic heterocycles. The van der Waals surface area contributed by atoms with Crippen LogP contribution in [0, 0.1) is 0 Å². The zero-order valence-corrected chi connectivity index (χ0v) is 15.1. The number of aromatic hydroxyl groups is 1. The summed E-state index contributed by atoms with van der Waals surface area (Å²) in [4.78, 5) is 37.4. The van der Waals surface area contributed by atoms with Gasteiger partial charge >= 0.3 is 5.97 Å². The van der Waals surface area contributed by atoms with Crippen molar-refractivity contribution < 1.29 is 24.6 Å². The number of nitrogens with zero attached hydrogens (tertiary/aromatic N) is 1. The zero-order valence-electron chi connectivity index (χ0n) is 14.2. The number of rotatable bonds is 7. The number of thiol groups is 1. The molecule has 8 nitrogen and oxygen atoms in total. The standard InChI is InChI=1S/C17H23N3O5S/c18-12(8-10-3-5-11(21)6-4-10)15(22)19-13(9-26)16(23)20-7-1-2-14(20)17(24)25/h3-6,12-14,21,26H,1-2,7-9,18H2,(H,19,22)(H,24,25). The van der Waals surface area contributed by atoms with Crippen molar-refractivity contribution in [2.75, 3.05) is 12.3 Å². The Bertz CT molecular complexity index is 667. The van der Waals surface area contributed by atoms with Crippen LogP contribution in [0.1, 0.15) is 18.4 Å². The molecule has 1 aliphatic rings. The lowest BCUT2D eigenvalue weighted by molar-refractivity contribution is -0.149. The average Bonchev–Trinajstić information content (AvgIpc) is 3.10. The molecule has 1 heterocycles. The molecular weight excluding hydrogens is 358 g/mol. The maximum atomic E-state index is 12.6. The van der Waals surface area contributed by atoms with Crippen LogP contribution < -0.4 is 11.1 Å². The first-order valence-corrected chi connectivity index (χ1v) is 8.94. The molecule has 3 unspecified atom stereocenters. The molecule has 0 bridgehead atoms. The van der Waals surface area contributed by atoms with Crippen molar-refractivity contribution in [1.82, 2.24) is 10.2 Å². The summed E-state index contributed by atoms with van der Waals surface area (Å²) in [7, 11) is 0. The third-order valence-corrected chi connectivity index (χ3v) is 4.71. The Kier molecular flexibility index (Phi) is 6.87. The lowest BCUT2D eigenvalue weighted by atomic mass is 10.1. The fraction of sp³-hybridized carbons (Fsp3) is 0.471. The second-order valence-corrected chi connectivity index (χ2v) is 6.61. The number of nitrogens with two attached hydrogens (primary N) is 1. The molecule has 1 fully saturated rings. The van der Waals surface area contributed by atoms with Gasteiger partial charge in [-0.15, -0.1) is 0 Å². The number of phenolic OH excluding ortho intramolecular Hbond substituents is 1. The number of hydrogen-bond donors (Lipinski definition) is 5. The minimum atomic E-state index is -1.05. The molecule has 1 aliphatic heterocycles. The summed E-state index contributed by atoms with van der Waals surface area (Å²) < 4.78 is 0. The molecular formula is C17H23N3O5S. The normalized spacial score (nSPS) is 19.0. The number of nitrogens with one attached hydrogen (secondary N) is 1. The number of carboxylic acids is 1. The second kappa shape index (κ2) is 8.91. The maximum absolute atomic E-state index is 12.6. The minimum absolute atomic E-state index is 0.0410. The van der Waals surface area contributed by atoms with Gasteiger partial charge in [0.2, 0.25) is 11.8 Å². The van der Waals surface area contributed by atoms with Gasteiger partial charge < -0.3 is 26.2 Å². The molecule has 9 heteroatoms. The van der Waals surface area contributed by atoms with Crippen molar-refractivity contribution in [1.29, 1.82) is 0 Å². The van der Waals surface area contributed by atoms with Crippen LogP contribution in [-0.4, -0.2) is 63.3 Å². The molecule has 2 amide bonds. The Morgan fingerprint density at radius 3 is 2.54 bits per heavy atom. The number of aliphatic carboxylic acids is 1. The van der Waals surface area contributed by atoms with Crippen LogP contribution in [0.15, 0.2) is 24.3 Å². The largest absolute Gasteiger partial charge is 0.508 e. The highest BCUT2D eigenvalue weighted by Crippen LogP contribution is 2.19. The first-order valence-electron chi connectivity index (χ1n) is 8.31. The molecule has 5 N–H and O–H groups in total. The Hall–Kier alpha value is -2.26. The third-order valence-electron chi connectivity index (χ3n) is 4.35. The van der Waals surface area contributed by atoms with Crippen LogP contribution in [0.3, 0.4) is 0 Å². The molecule has 1 saturated heterocycles. The average molecular weight is 381 g/mol. The van der Waals surface area contributed by atoms with Crippen molar-refractivity contribution in [2.24, 2.45) is 5.73 Å². The molecule has 26 heavy (non-hydrogen) atoms. The lowest BCUT2D eigenvalue weighted by Gasteiger charge is -2.27. The second-order valence-electron chi connectivity index (χ2n) is 6.25. The van der Waals surface area contributed by atoms with Gasteiger partial charge in [-0.3, -0.25) is 9.59 Å². The number of phenols is 1. The smallest absolute Gasteiger partial charge is 0.326 e. The maximum Gasteiger partial charge on any atom is 0.326 e. The van der Waals surface area contributed by atoms with Crippen molar-refractivity contribution in [2.45, 2.75) is 37.4 Å². The quantitative estimate of drug-likeness (QED) is 0.414. The number of amides is 2. The van der Waals surface area contributed by atoms with Gasteiger partial charge in [-0.2, -0.15) is 12.6 Å². The third kappa shape index (κ3) is 4.89. The highest BCUT2D eigenvalue weighted by molar-refractivity contribution is 7.80. The van der Waals surface area contributed by atoms with E-state index in [9.17, 15) is 24.6 Å². The predicted octanol–water partition coefficient (Wildman–Crippen LogP) is -0.248. The number of likely N-dealkylation sites (tertiary alicyclic amines) is 1. The summed E-state index contributed by atoms with van der Waals surface area (Å²) in [6.45, 7) is 0.343. The molecule has 0 saturated carbocycles. The van der Waals surface area contributed by atoms with Gasteiger partial charge in [0.1, 0.15) is 17.8 Å². The lowest BCUT2D eigenvalue weighted by Crippen LogP contribution is -2.55. The fourth-order valence-electron chi connectivity index (χ4n) is 2.93. The number of carboxylic acid groups (broad SMARTS) is 1. The number of carbonyl (C=O) groups is 3. The summed E-state index contributed by atoms with van der Waals surface area (Å²) >= 11 is 4.10. The summed E-state index contributed by atoms with van der Waals surface area (Å²) in [5.41, 5.74) is 6.67. The van der Waals surface area contributed by atoms with Gasteiger partial charge in [0.15, 0.2) is 0 Å². The SMILES string of the molecule is NC(Cc1ccc(O)cc1)C(=O)NC(CS)C(=O)N1CCCC1C(=O)O. The van der Waals surface area contributed by atoms with E-state index in [0.29, 0.717) is 19.4 Å². The van der Waals surface area contributed by atoms with Crippen LogP contribution in [-0.2, 0) is 20.8 Å². The van der Waals surface area contributed by atoms with Gasteiger partial charge in [-0.25, -0.2) is 4.79 Å². The highest BCUT2D eigenvalue weighted by Gasteiger charge is 2.37. The Morgan fingerprint density at radius 2 is 1.96 bits per heavy atom. The van der Waals surface area contributed by atoms with E-state index < -0.39 is 35.9 Å². The van der Waals surface area contributed by atoms with Crippen LogP contribution in [0.5, 0.6) is 5.75 Å². The van der Waals surface area contributed by atoms with Crippen LogP contribution in [0.2, 0.25) is 0 Å². The molecule has 1 aromatic carbocycles.